The molecule has 19 heavy (non-hydrogen) atoms. The Morgan fingerprint density at radius 1 is 1.16 bits per heavy atom. The summed E-state index contributed by atoms with van der Waals surface area (Å²) in [6, 6.07) is 14.5. The lowest BCUT2D eigenvalue weighted by Crippen LogP contribution is -2.18. The van der Waals surface area contributed by atoms with Gasteiger partial charge >= 0.3 is 0 Å². The summed E-state index contributed by atoms with van der Waals surface area (Å²) in [5, 5.41) is 12.4. The number of hydrogen-bond donors (Lipinski definition) is 2. The maximum absolute atomic E-state index is 13.5. The number of anilines is 1. The first-order valence-corrected chi connectivity index (χ1v) is 6.39. The highest BCUT2D eigenvalue weighted by Crippen LogP contribution is 2.15. The van der Waals surface area contributed by atoms with E-state index in [1.807, 2.05) is 37.3 Å². The van der Waals surface area contributed by atoms with Gasteiger partial charge in [-0.2, -0.15) is 0 Å². The Bertz CT molecular complexity index is 542. The third-order valence-electron chi connectivity index (χ3n) is 3.01. The zero-order valence-corrected chi connectivity index (χ0v) is 10.9. The topological polar surface area (TPSA) is 32.3 Å². The predicted molar refractivity (Wildman–Crippen MR) is 75.6 cm³/mol. The average molecular weight is 259 g/mol. The number of nitrogens with one attached hydrogen (secondary N) is 1. The van der Waals surface area contributed by atoms with E-state index >= 15 is 0 Å². The van der Waals surface area contributed by atoms with Crippen LogP contribution in [0.1, 0.15) is 18.1 Å². The first kappa shape index (κ1) is 13.6. The molecule has 0 aliphatic heterocycles. The van der Waals surface area contributed by atoms with Gasteiger partial charge in [0.15, 0.2) is 0 Å². The number of hydrogen-bond acceptors (Lipinski definition) is 2. The van der Waals surface area contributed by atoms with E-state index in [1.54, 1.807) is 12.1 Å². The summed E-state index contributed by atoms with van der Waals surface area (Å²) in [5.74, 6) is -0.166. The van der Waals surface area contributed by atoms with Crippen LogP contribution in [0.2, 0.25) is 0 Å². The molecule has 1 atom stereocenters. The molecular formula is C16H18FNO. The Morgan fingerprint density at radius 2 is 1.95 bits per heavy atom. The van der Waals surface area contributed by atoms with Crippen LogP contribution in [0.25, 0.3) is 0 Å². The molecule has 2 aromatic rings. The van der Waals surface area contributed by atoms with Crippen LogP contribution >= 0.6 is 0 Å². The van der Waals surface area contributed by atoms with E-state index in [2.05, 4.69) is 5.32 Å². The van der Waals surface area contributed by atoms with Crippen LogP contribution in [-0.2, 0) is 13.0 Å². The second-order valence-electron chi connectivity index (χ2n) is 4.70. The standard InChI is InChI=1S/C16H18FNO/c1-12(9-14-6-2-3-8-16(14)17)18-15-7-4-5-13(10-15)11-19/h2-8,10,12,18-19H,9,11H2,1H3. The molecule has 3 heteroatoms. The fraction of sp³-hybridized carbons (Fsp3) is 0.250. The summed E-state index contributed by atoms with van der Waals surface area (Å²) in [7, 11) is 0. The molecule has 0 aliphatic carbocycles. The molecule has 2 nitrogen and oxygen atoms in total. The molecule has 0 saturated heterocycles. The Hall–Kier alpha value is -1.87. The van der Waals surface area contributed by atoms with E-state index in [0.717, 1.165) is 11.3 Å². The van der Waals surface area contributed by atoms with Crippen LogP contribution in [0.15, 0.2) is 48.5 Å². The van der Waals surface area contributed by atoms with Gasteiger partial charge in [-0.15, -0.1) is 0 Å². The normalized spacial score (nSPS) is 12.2. The highest BCUT2D eigenvalue weighted by atomic mass is 19.1. The van der Waals surface area contributed by atoms with Crippen LogP contribution in [0.3, 0.4) is 0 Å². The molecule has 0 heterocycles. The lowest BCUT2D eigenvalue weighted by molar-refractivity contribution is 0.282. The van der Waals surface area contributed by atoms with E-state index in [-0.39, 0.29) is 18.5 Å². The Kier molecular flexibility index (Phi) is 4.53. The molecule has 0 aliphatic rings. The summed E-state index contributed by atoms with van der Waals surface area (Å²) in [5.41, 5.74) is 2.51. The minimum Gasteiger partial charge on any atom is -0.392 e. The monoisotopic (exact) mass is 259 g/mol. The maximum atomic E-state index is 13.5. The van der Waals surface area contributed by atoms with Crippen molar-refractivity contribution in [1.29, 1.82) is 0 Å². The Morgan fingerprint density at radius 3 is 2.68 bits per heavy atom. The SMILES string of the molecule is CC(Cc1ccccc1F)Nc1cccc(CO)c1. The van der Waals surface area contributed by atoms with Crippen molar-refractivity contribution in [1.82, 2.24) is 0 Å². The van der Waals surface area contributed by atoms with Gasteiger partial charge < -0.3 is 10.4 Å². The van der Waals surface area contributed by atoms with Gasteiger partial charge in [-0.3, -0.25) is 0 Å². The maximum Gasteiger partial charge on any atom is 0.126 e. The fourth-order valence-electron chi connectivity index (χ4n) is 2.09. The summed E-state index contributed by atoms with van der Waals surface area (Å²) in [6.07, 6.45) is 0.621. The highest BCUT2D eigenvalue weighted by Gasteiger charge is 2.07. The summed E-state index contributed by atoms with van der Waals surface area (Å²) in [4.78, 5) is 0. The number of aliphatic hydroxyl groups excluding tert-OH is 1. The minimum absolute atomic E-state index is 0.0250. The van der Waals surface area contributed by atoms with Gasteiger partial charge in [0.1, 0.15) is 5.82 Å². The third-order valence-corrected chi connectivity index (χ3v) is 3.01. The quantitative estimate of drug-likeness (QED) is 0.863. The summed E-state index contributed by atoms with van der Waals surface area (Å²) < 4.78 is 13.5. The molecule has 0 amide bonds. The van der Waals surface area contributed by atoms with Crippen LogP contribution in [-0.4, -0.2) is 11.1 Å². The van der Waals surface area contributed by atoms with Crippen molar-refractivity contribution in [3.63, 3.8) is 0 Å². The van der Waals surface area contributed by atoms with Crippen LogP contribution < -0.4 is 5.32 Å². The van der Waals surface area contributed by atoms with Crippen molar-refractivity contribution in [3.8, 4) is 0 Å². The highest BCUT2D eigenvalue weighted by molar-refractivity contribution is 5.46. The molecule has 100 valence electrons. The molecule has 0 fully saturated rings. The van der Waals surface area contributed by atoms with Crippen molar-refractivity contribution in [2.24, 2.45) is 0 Å². The third kappa shape index (κ3) is 3.80. The molecule has 2 rings (SSSR count). The molecule has 2 N–H and O–H groups in total. The van der Waals surface area contributed by atoms with Gasteiger partial charge in [0.2, 0.25) is 0 Å². The Labute approximate surface area is 112 Å². The fourth-order valence-corrected chi connectivity index (χ4v) is 2.09. The molecule has 1 unspecified atom stereocenters. The van der Waals surface area contributed by atoms with Crippen molar-refractivity contribution < 1.29 is 9.50 Å². The van der Waals surface area contributed by atoms with Crippen LogP contribution in [0.4, 0.5) is 10.1 Å². The first-order chi connectivity index (χ1) is 9.19. The molecular weight excluding hydrogens is 241 g/mol. The number of halogens is 1. The number of benzene rings is 2. The van der Waals surface area contributed by atoms with Crippen LogP contribution in [0, 0.1) is 5.82 Å². The van der Waals surface area contributed by atoms with E-state index < -0.39 is 0 Å². The molecule has 0 aromatic heterocycles. The summed E-state index contributed by atoms with van der Waals surface area (Å²) >= 11 is 0. The first-order valence-electron chi connectivity index (χ1n) is 6.39. The molecule has 2 aromatic carbocycles. The second kappa shape index (κ2) is 6.34. The molecule has 0 bridgehead atoms. The average Bonchev–Trinajstić information content (AvgIpc) is 2.41. The van der Waals surface area contributed by atoms with Crippen molar-refractivity contribution >= 4 is 5.69 Å². The van der Waals surface area contributed by atoms with E-state index in [0.29, 0.717) is 12.0 Å². The molecule has 0 spiro atoms. The zero-order chi connectivity index (χ0) is 13.7. The molecule has 0 saturated carbocycles. The predicted octanol–water partition coefficient (Wildman–Crippen LogP) is 3.36. The second-order valence-corrected chi connectivity index (χ2v) is 4.70. The smallest absolute Gasteiger partial charge is 0.126 e. The number of rotatable bonds is 5. The number of aliphatic hydroxyl groups is 1. The van der Waals surface area contributed by atoms with Crippen molar-refractivity contribution in [3.05, 3.63) is 65.5 Å². The lowest BCUT2D eigenvalue weighted by atomic mass is 10.1. The lowest BCUT2D eigenvalue weighted by Gasteiger charge is -2.16. The van der Waals surface area contributed by atoms with Gasteiger partial charge in [-0.1, -0.05) is 30.3 Å². The van der Waals surface area contributed by atoms with Crippen molar-refractivity contribution in [2.75, 3.05) is 5.32 Å². The molecule has 0 radical (unpaired) electrons. The van der Waals surface area contributed by atoms with Gasteiger partial charge in [-0.05, 0) is 42.7 Å². The van der Waals surface area contributed by atoms with Gasteiger partial charge in [0.05, 0.1) is 6.61 Å². The minimum atomic E-state index is -0.166. The van der Waals surface area contributed by atoms with Gasteiger partial charge in [0, 0.05) is 11.7 Å². The summed E-state index contributed by atoms with van der Waals surface area (Å²) in [6.45, 7) is 2.04. The van der Waals surface area contributed by atoms with E-state index in [1.165, 1.54) is 6.07 Å². The van der Waals surface area contributed by atoms with E-state index in [9.17, 15) is 4.39 Å². The zero-order valence-electron chi connectivity index (χ0n) is 10.9. The van der Waals surface area contributed by atoms with Gasteiger partial charge in [0.25, 0.3) is 0 Å². The van der Waals surface area contributed by atoms with Crippen molar-refractivity contribution in [2.45, 2.75) is 26.0 Å². The van der Waals surface area contributed by atoms with E-state index in [4.69, 9.17) is 5.11 Å². The van der Waals surface area contributed by atoms with Gasteiger partial charge in [-0.25, -0.2) is 4.39 Å². The Balaban J connectivity index is 2.01. The largest absolute Gasteiger partial charge is 0.392 e. The van der Waals surface area contributed by atoms with Crippen LogP contribution in [0.5, 0.6) is 0 Å².